The number of carbonyl (C=O) groups is 2. The van der Waals surface area contributed by atoms with E-state index in [1.165, 1.54) is 59.7 Å². The molecule has 3 aromatic rings. The van der Waals surface area contributed by atoms with Crippen LogP contribution in [0, 0.1) is 0 Å². The summed E-state index contributed by atoms with van der Waals surface area (Å²) in [6.07, 6.45) is 0. The van der Waals surface area contributed by atoms with Crippen LogP contribution in [0.1, 0.15) is 15.2 Å². The summed E-state index contributed by atoms with van der Waals surface area (Å²) in [5, 5.41) is 2.05. The maximum absolute atomic E-state index is 13.7. The number of esters is 1. The van der Waals surface area contributed by atoms with E-state index in [-0.39, 0.29) is 21.2 Å². The molecule has 0 N–H and O–H groups in total. The number of likely N-dealkylation sites (N-methyl/N-ethyl adjacent to an activating group) is 1. The van der Waals surface area contributed by atoms with E-state index in [1.54, 1.807) is 19.2 Å². The Morgan fingerprint density at radius 1 is 1.03 bits per heavy atom. The maximum Gasteiger partial charge on any atom is 0.339 e. The lowest BCUT2D eigenvalue weighted by atomic mass is 10.2. The van der Waals surface area contributed by atoms with Crippen LogP contribution in [0.3, 0.4) is 0 Å². The quantitative estimate of drug-likeness (QED) is 0.443. The number of halogens is 1. The number of benzene rings is 2. The molecule has 10 heteroatoms. The largest absolute Gasteiger partial charge is 0.465 e. The van der Waals surface area contributed by atoms with Gasteiger partial charge in [-0.1, -0.05) is 41.9 Å². The summed E-state index contributed by atoms with van der Waals surface area (Å²) < 4.78 is 33.0. The summed E-state index contributed by atoms with van der Waals surface area (Å²) in [4.78, 5) is 27.3. The molecule has 0 atom stereocenters. The molecule has 0 spiro atoms. The highest BCUT2D eigenvalue weighted by Gasteiger charge is 2.33. The van der Waals surface area contributed by atoms with Gasteiger partial charge in [0.2, 0.25) is 5.91 Å². The molecular weight excluding hydrogens is 472 g/mol. The van der Waals surface area contributed by atoms with E-state index in [1.807, 2.05) is 17.5 Å². The first-order valence-corrected chi connectivity index (χ1v) is 12.2. The van der Waals surface area contributed by atoms with Crippen LogP contribution in [0.25, 0.3) is 0 Å². The lowest BCUT2D eigenvalue weighted by Crippen LogP contribution is -2.42. The monoisotopic (exact) mass is 492 g/mol. The Hall–Kier alpha value is -2.88. The van der Waals surface area contributed by atoms with Crippen LogP contribution in [-0.2, 0) is 26.1 Å². The molecule has 32 heavy (non-hydrogen) atoms. The molecule has 0 bridgehead atoms. The lowest BCUT2D eigenvalue weighted by Gasteiger charge is -2.27. The highest BCUT2D eigenvalue weighted by atomic mass is 35.5. The van der Waals surface area contributed by atoms with Gasteiger partial charge in [0.05, 0.1) is 29.9 Å². The van der Waals surface area contributed by atoms with Crippen molar-refractivity contribution >= 4 is 50.5 Å². The molecule has 0 aliphatic carbocycles. The fourth-order valence-corrected chi connectivity index (χ4v) is 5.67. The number of hydrogen-bond donors (Lipinski definition) is 0. The summed E-state index contributed by atoms with van der Waals surface area (Å²) in [7, 11) is -1.58. The molecule has 168 valence electrons. The van der Waals surface area contributed by atoms with Gasteiger partial charge in [-0.2, -0.15) is 0 Å². The van der Waals surface area contributed by atoms with E-state index in [9.17, 15) is 18.0 Å². The van der Waals surface area contributed by atoms with Gasteiger partial charge < -0.3 is 9.64 Å². The SMILES string of the molecule is COC(=O)c1ccccc1S(=O)(=O)N(CC(=O)N(C)Cc1cccs1)c1ccccc1Cl. The standard InChI is InChI=1S/C22H21ClN2O5S2/c1-24(14-16-8-7-13-31-16)21(26)15-25(19-11-5-4-10-18(19)23)32(28,29)20-12-6-3-9-17(20)22(27)30-2/h3-13H,14-15H2,1-2H3. The molecule has 0 radical (unpaired) electrons. The molecule has 2 aromatic carbocycles. The Kier molecular flexibility index (Phi) is 7.55. The molecule has 1 heterocycles. The van der Waals surface area contributed by atoms with Crippen LogP contribution in [-0.4, -0.2) is 45.9 Å². The Morgan fingerprint density at radius 2 is 1.72 bits per heavy atom. The normalized spacial score (nSPS) is 11.1. The van der Waals surface area contributed by atoms with Gasteiger partial charge in [0.25, 0.3) is 10.0 Å². The second-order valence-corrected chi connectivity index (χ2v) is 10.1. The average molecular weight is 493 g/mol. The number of nitrogens with zero attached hydrogens (tertiary/aromatic N) is 2. The fourth-order valence-electron chi connectivity index (χ4n) is 3.01. The van der Waals surface area contributed by atoms with Crippen LogP contribution in [0.4, 0.5) is 5.69 Å². The second kappa shape index (κ2) is 10.2. The summed E-state index contributed by atoms with van der Waals surface area (Å²) >= 11 is 7.80. The smallest absolute Gasteiger partial charge is 0.339 e. The van der Waals surface area contributed by atoms with Crippen molar-refractivity contribution in [1.29, 1.82) is 0 Å². The van der Waals surface area contributed by atoms with Gasteiger partial charge in [0.15, 0.2) is 0 Å². The van der Waals surface area contributed by atoms with E-state index in [4.69, 9.17) is 16.3 Å². The summed E-state index contributed by atoms with van der Waals surface area (Å²) in [5.41, 5.74) is -0.00171. The van der Waals surface area contributed by atoms with E-state index >= 15 is 0 Å². The molecule has 1 aromatic heterocycles. The van der Waals surface area contributed by atoms with Crippen LogP contribution >= 0.6 is 22.9 Å². The van der Waals surface area contributed by atoms with Gasteiger partial charge in [0.1, 0.15) is 11.4 Å². The molecule has 7 nitrogen and oxygen atoms in total. The van der Waals surface area contributed by atoms with Crippen LogP contribution in [0.2, 0.25) is 5.02 Å². The van der Waals surface area contributed by atoms with Crippen molar-refractivity contribution in [2.45, 2.75) is 11.4 Å². The van der Waals surface area contributed by atoms with Crippen molar-refractivity contribution in [3.63, 3.8) is 0 Å². The Morgan fingerprint density at radius 3 is 2.38 bits per heavy atom. The molecule has 0 aliphatic rings. The lowest BCUT2D eigenvalue weighted by molar-refractivity contribution is -0.128. The fraction of sp³-hybridized carbons (Fsp3) is 0.182. The van der Waals surface area contributed by atoms with Gasteiger partial charge in [-0.3, -0.25) is 9.10 Å². The van der Waals surface area contributed by atoms with Crippen molar-refractivity contribution in [2.75, 3.05) is 25.0 Å². The van der Waals surface area contributed by atoms with Gasteiger partial charge in [-0.15, -0.1) is 11.3 Å². The van der Waals surface area contributed by atoms with Crippen LogP contribution in [0.15, 0.2) is 70.9 Å². The number of thiophene rings is 1. The first-order valence-electron chi connectivity index (χ1n) is 9.46. The number of carbonyl (C=O) groups excluding carboxylic acids is 2. The third-order valence-corrected chi connectivity index (χ3v) is 7.66. The highest BCUT2D eigenvalue weighted by Crippen LogP contribution is 2.31. The van der Waals surface area contributed by atoms with Gasteiger partial charge in [0, 0.05) is 11.9 Å². The highest BCUT2D eigenvalue weighted by molar-refractivity contribution is 7.93. The number of para-hydroxylation sites is 1. The number of methoxy groups -OCH3 is 1. The summed E-state index contributed by atoms with van der Waals surface area (Å²) in [5.74, 6) is -1.23. The predicted octanol–water partition coefficient (Wildman–Crippen LogP) is 4.04. The van der Waals surface area contributed by atoms with Crippen molar-refractivity contribution in [2.24, 2.45) is 0 Å². The number of sulfonamides is 1. The maximum atomic E-state index is 13.7. The number of amides is 1. The van der Waals surface area contributed by atoms with E-state index < -0.39 is 28.4 Å². The van der Waals surface area contributed by atoms with Crippen molar-refractivity contribution in [3.05, 3.63) is 81.5 Å². The summed E-state index contributed by atoms with van der Waals surface area (Å²) in [6.45, 7) is -0.158. The van der Waals surface area contributed by atoms with Crippen LogP contribution < -0.4 is 4.31 Å². The molecule has 1 amide bonds. The number of ether oxygens (including phenoxy) is 1. The van der Waals surface area contributed by atoms with Gasteiger partial charge in [-0.25, -0.2) is 13.2 Å². The predicted molar refractivity (Wildman–Crippen MR) is 125 cm³/mol. The molecule has 0 aliphatic heterocycles. The van der Waals surface area contributed by atoms with E-state index in [0.29, 0.717) is 6.54 Å². The number of rotatable bonds is 8. The van der Waals surface area contributed by atoms with Crippen molar-refractivity contribution < 1.29 is 22.7 Å². The minimum atomic E-state index is -4.35. The number of hydrogen-bond acceptors (Lipinski definition) is 6. The van der Waals surface area contributed by atoms with Crippen LogP contribution in [0.5, 0.6) is 0 Å². The molecule has 0 saturated heterocycles. The average Bonchev–Trinajstić information content (AvgIpc) is 3.30. The second-order valence-electron chi connectivity index (χ2n) is 6.78. The minimum Gasteiger partial charge on any atom is -0.465 e. The minimum absolute atomic E-state index is 0.131. The Bertz CT molecular complexity index is 1210. The molecular formula is C22H21ClN2O5S2. The molecule has 0 fully saturated rings. The third kappa shape index (κ3) is 5.12. The van der Waals surface area contributed by atoms with Crippen molar-refractivity contribution in [1.82, 2.24) is 4.90 Å². The molecule has 3 rings (SSSR count). The summed E-state index contributed by atoms with van der Waals surface area (Å²) in [6, 6.07) is 15.8. The number of anilines is 1. The Balaban J connectivity index is 2.03. The first kappa shape index (κ1) is 23.8. The zero-order chi connectivity index (χ0) is 23.3. The topological polar surface area (TPSA) is 84.0 Å². The van der Waals surface area contributed by atoms with Gasteiger partial charge in [-0.05, 0) is 35.7 Å². The van der Waals surface area contributed by atoms with E-state index in [2.05, 4.69) is 0 Å². The zero-order valence-electron chi connectivity index (χ0n) is 17.4. The third-order valence-electron chi connectivity index (χ3n) is 4.66. The molecule has 0 saturated carbocycles. The van der Waals surface area contributed by atoms with E-state index in [0.717, 1.165) is 9.18 Å². The van der Waals surface area contributed by atoms with Crippen molar-refractivity contribution in [3.8, 4) is 0 Å². The zero-order valence-corrected chi connectivity index (χ0v) is 19.8. The first-order chi connectivity index (χ1) is 15.3. The molecule has 0 unspecified atom stereocenters. The Labute approximate surface area is 195 Å². The van der Waals surface area contributed by atoms with Gasteiger partial charge >= 0.3 is 5.97 Å².